The van der Waals surface area contributed by atoms with E-state index in [9.17, 15) is 25.0 Å². The molecule has 0 fully saturated rings. The number of nitro groups is 2. The standard InChI is InChI=1S/C14H8Cl2N4O5/c15-12-3-1-2-8(13(12)16)7-17-18-14(21)9-4-10(19(22)23)6-11(5-9)20(24)25/h1-7H,(H,18,21). The summed E-state index contributed by atoms with van der Waals surface area (Å²) in [6.07, 6.45) is 1.22. The maximum absolute atomic E-state index is 12.0. The molecule has 0 aliphatic rings. The molecule has 1 N–H and O–H groups in total. The molecule has 0 bridgehead atoms. The third kappa shape index (κ3) is 4.49. The molecular formula is C14H8Cl2N4O5. The van der Waals surface area contributed by atoms with Crippen molar-refractivity contribution in [1.82, 2.24) is 5.43 Å². The fourth-order valence-corrected chi connectivity index (χ4v) is 2.14. The van der Waals surface area contributed by atoms with Crippen LogP contribution >= 0.6 is 23.2 Å². The first kappa shape index (κ1) is 18.3. The van der Waals surface area contributed by atoms with Crippen LogP contribution in [-0.2, 0) is 0 Å². The second kappa shape index (κ2) is 7.69. The number of hydrogen-bond acceptors (Lipinski definition) is 6. The van der Waals surface area contributed by atoms with E-state index in [4.69, 9.17) is 23.2 Å². The van der Waals surface area contributed by atoms with Gasteiger partial charge >= 0.3 is 0 Å². The summed E-state index contributed by atoms with van der Waals surface area (Å²) >= 11 is 11.8. The average molecular weight is 383 g/mol. The summed E-state index contributed by atoms with van der Waals surface area (Å²) < 4.78 is 0. The molecule has 9 nitrogen and oxygen atoms in total. The van der Waals surface area contributed by atoms with Crippen molar-refractivity contribution in [2.45, 2.75) is 0 Å². The summed E-state index contributed by atoms with van der Waals surface area (Å²) in [4.78, 5) is 32.0. The number of nitro benzene ring substituents is 2. The number of halogens is 2. The first-order valence-electron chi connectivity index (χ1n) is 6.51. The van der Waals surface area contributed by atoms with Gasteiger partial charge in [-0.1, -0.05) is 35.3 Å². The van der Waals surface area contributed by atoms with Crippen molar-refractivity contribution < 1.29 is 14.6 Å². The molecule has 1 amide bonds. The Morgan fingerprint density at radius 2 is 1.68 bits per heavy atom. The average Bonchev–Trinajstić information content (AvgIpc) is 2.58. The highest BCUT2D eigenvalue weighted by Crippen LogP contribution is 2.24. The van der Waals surface area contributed by atoms with Crippen LogP contribution < -0.4 is 5.43 Å². The monoisotopic (exact) mass is 382 g/mol. The Morgan fingerprint density at radius 1 is 1.08 bits per heavy atom. The molecule has 0 spiro atoms. The van der Waals surface area contributed by atoms with Gasteiger partial charge in [-0.3, -0.25) is 25.0 Å². The van der Waals surface area contributed by atoms with E-state index >= 15 is 0 Å². The third-order valence-corrected chi connectivity index (χ3v) is 3.77. The molecule has 25 heavy (non-hydrogen) atoms. The Labute approximate surface area is 150 Å². The van der Waals surface area contributed by atoms with Crippen LogP contribution in [0.3, 0.4) is 0 Å². The summed E-state index contributed by atoms with van der Waals surface area (Å²) in [5.41, 5.74) is 1.09. The summed E-state index contributed by atoms with van der Waals surface area (Å²) in [5.74, 6) is -0.860. The Balaban J connectivity index is 2.23. The van der Waals surface area contributed by atoms with Gasteiger partial charge in [0.05, 0.1) is 37.7 Å². The molecule has 0 atom stereocenters. The topological polar surface area (TPSA) is 128 Å². The van der Waals surface area contributed by atoms with E-state index in [1.165, 1.54) is 6.21 Å². The van der Waals surface area contributed by atoms with Gasteiger partial charge in [0.15, 0.2) is 0 Å². The van der Waals surface area contributed by atoms with Crippen LogP contribution in [0.4, 0.5) is 11.4 Å². The highest BCUT2D eigenvalue weighted by molar-refractivity contribution is 6.43. The Kier molecular flexibility index (Phi) is 5.63. The van der Waals surface area contributed by atoms with Crippen molar-refractivity contribution in [3.8, 4) is 0 Å². The Morgan fingerprint density at radius 3 is 2.24 bits per heavy atom. The minimum Gasteiger partial charge on any atom is -0.267 e. The van der Waals surface area contributed by atoms with Gasteiger partial charge in [-0.05, 0) is 6.07 Å². The van der Waals surface area contributed by atoms with Crippen molar-refractivity contribution in [3.63, 3.8) is 0 Å². The molecule has 11 heteroatoms. The Bertz CT molecular complexity index is 869. The van der Waals surface area contributed by atoms with Gasteiger partial charge in [0.2, 0.25) is 0 Å². The largest absolute Gasteiger partial charge is 0.277 e. The summed E-state index contributed by atoms with van der Waals surface area (Å²) in [7, 11) is 0. The van der Waals surface area contributed by atoms with Gasteiger partial charge < -0.3 is 0 Å². The van der Waals surface area contributed by atoms with Gasteiger partial charge in [-0.25, -0.2) is 5.43 Å². The number of rotatable bonds is 5. The zero-order valence-electron chi connectivity index (χ0n) is 12.2. The first-order chi connectivity index (χ1) is 11.8. The van der Waals surface area contributed by atoms with Gasteiger partial charge in [0.1, 0.15) is 0 Å². The van der Waals surface area contributed by atoms with E-state index in [-0.39, 0.29) is 10.6 Å². The lowest BCUT2D eigenvalue weighted by atomic mass is 10.1. The zero-order chi connectivity index (χ0) is 18.6. The molecule has 2 aromatic carbocycles. The lowest BCUT2D eigenvalue weighted by molar-refractivity contribution is -0.394. The van der Waals surface area contributed by atoms with E-state index in [0.717, 1.165) is 18.2 Å². The van der Waals surface area contributed by atoms with Gasteiger partial charge in [0, 0.05) is 17.7 Å². The zero-order valence-corrected chi connectivity index (χ0v) is 13.7. The smallest absolute Gasteiger partial charge is 0.267 e. The van der Waals surface area contributed by atoms with E-state index in [2.05, 4.69) is 10.5 Å². The van der Waals surface area contributed by atoms with Crippen molar-refractivity contribution >= 4 is 46.7 Å². The number of amides is 1. The van der Waals surface area contributed by atoms with Gasteiger partial charge in [0.25, 0.3) is 17.3 Å². The highest BCUT2D eigenvalue weighted by atomic mass is 35.5. The van der Waals surface area contributed by atoms with Crippen LogP contribution in [0, 0.1) is 20.2 Å². The fourth-order valence-electron chi connectivity index (χ4n) is 1.78. The summed E-state index contributed by atoms with van der Waals surface area (Å²) in [6.45, 7) is 0. The minimum atomic E-state index is -0.860. The summed E-state index contributed by atoms with van der Waals surface area (Å²) in [6, 6.07) is 7.37. The van der Waals surface area contributed by atoms with E-state index in [0.29, 0.717) is 10.6 Å². The van der Waals surface area contributed by atoms with Crippen LogP contribution in [0.5, 0.6) is 0 Å². The predicted octanol–water partition coefficient (Wildman–Crippen LogP) is 3.57. The lowest BCUT2D eigenvalue weighted by Gasteiger charge is -2.02. The van der Waals surface area contributed by atoms with E-state index < -0.39 is 27.1 Å². The quantitative estimate of drug-likeness (QED) is 0.480. The molecular weight excluding hydrogens is 375 g/mol. The number of nitrogens with one attached hydrogen (secondary N) is 1. The van der Waals surface area contributed by atoms with Crippen molar-refractivity contribution in [2.75, 3.05) is 0 Å². The van der Waals surface area contributed by atoms with Crippen molar-refractivity contribution in [3.05, 3.63) is 77.8 Å². The van der Waals surface area contributed by atoms with E-state index in [1.54, 1.807) is 18.2 Å². The van der Waals surface area contributed by atoms with Crippen LogP contribution in [0.1, 0.15) is 15.9 Å². The van der Waals surface area contributed by atoms with Gasteiger partial charge in [-0.15, -0.1) is 0 Å². The van der Waals surface area contributed by atoms with Crippen LogP contribution in [-0.4, -0.2) is 22.0 Å². The number of non-ortho nitro benzene ring substituents is 2. The van der Waals surface area contributed by atoms with Crippen LogP contribution in [0.25, 0.3) is 0 Å². The lowest BCUT2D eigenvalue weighted by Crippen LogP contribution is -2.18. The molecule has 0 heterocycles. The molecule has 2 aromatic rings. The molecule has 0 aliphatic carbocycles. The maximum Gasteiger partial charge on any atom is 0.277 e. The number of benzene rings is 2. The molecule has 128 valence electrons. The third-order valence-electron chi connectivity index (χ3n) is 2.94. The minimum absolute atomic E-state index is 0.230. The van der Waals surface area contributed by atoms with Crippen LogP contribution in [0.15, 0.2) is 41.5 Å². The SMILES string of the molecule is O=C(NN=Cc1cccc(Cl)c1Cl)c1cc([N+](=O)[O-])cc([N+](=O)[O-])c1. The number of carbonyl (C=O) groups excluding carboxylic acids is 1. The number of hydrazone groups is 1. The number of nitrogens with zero attached hydrogens (tertiary/aromatic N) is 3. The first-order valence-corrected chi connectivity index (χ1v) is 7.26. The molecule has 2 rings (SSSR count). The fraction of sp³-hybridized carbons (Fsp3) is 0. The second-order valence-corrected chi connectivity index (χ2v) is 5.38. The van der Waals surface area contributed by atoms with Crippen molar-refractivity contribution in [1.29, 1.82) is 0 Å². The molecule has 0 radical (unpaired) electrons. The van der Waals surface area contributed by atoms with E-state index in [1.807, 2.05) is 0 Å². The van der Waals surface area contributed by atoms with Crippen LogP contribution in [0.2, 0.25) is 10.0 Å². The Hall–Kier alpha value is -3.04. The second-order valence-electron chi connectivity index (χ2n) is 4.59. The highest BCUT2D eigenvalue weighted by Gasteiger charge is 2.19. The maximum atomic E-state index is 12.0. The number of carbonyl (C=O) groups is 1. The number of hydrogen-bond donors (Lipinski definition) is 1. The molecule has 0 saturated carbocycles. The van der Waals surface area contributed by atoms with Gasteiger partial charge in [-0.2, -0.15) is 5.10 Å². The molecule has 0 unspecified atom stereocenters. The van der Waals surface area contributed by atoms with Crippen molar-refractivity contribution in [2.24, 2.45) is 5.10 Å². The normalized spacial score (nSPS) is 10.6. The molecule has 0 aliphatic heterocycles. The molecule has 0 aromatic heterocycles. The predicted molar refractivity (Wildman–Crippen MR) is 91.3 cm³/mol. The molecule has 0 saturated heterocycles. The summed E-state index contributed by atoms with van der Waals surface area (Å²) in [5, 5.41) is 25.8.